The second-order valence-electron chi connectivity index (χ2n) is 5.70. The number of rotatable bonds is 5. The highest BCUT2D eigenvalue weighted by atomic mass is 16.5. The lowest BCUT2D eigenvalue weighted by atomic mass is 9.84. The van der Waals surface area contributed by atoms with E-state index >= 15 is 0 Å². The third-order valence-corrected chi connectivity index (χ3v) is 3.58. The van der Waals surface area contributed by atoms with Crippen LogP contribution in [-0.2, 0) is 21.6 Å². The molecule has 0 heterocycles. The van der Waals surface area contributed by atoms with Gasteiger partial charge in [0.15, 0.2) is 0 Å². The van der Waals surface area contributed by atoms with E-state index in [4.69, 9.17) is 4.74 Å². The van der Waals surface area contributed by atoms with Crippen molar-refractivity contribution in [3.63, 3.8) is 0 Å². The standard InChI is InChI=1S/C18H19NO4/c1-18(2,16(20)21)14-9-6-10-15(11-14)19-17(22)23-12-13-7-4-3-5-8-13/h3-11H,12H2,1-2H3,(H,19,22)(H,20,21). The molecule has 2 aromatic rings. The summed E-state index contributed by atoms with van der Waals surface area (Å²) in [5, 5.41) is 11.9. The predicted molar refractivity (Wildman–Crippen MR) is 87.4 cm³/mol. The van der Waals surface area contributed by atoms with E-state index in [0.29, 0.717) is 11.3 Å². The summed E-state index contributed by atoms with van der Waals surface area (Å²) in [6, 6.07) is 16.1. The number of ether oxygens (including phenoxy) is 1. The number of carbonyl (C=O) groups excluding carboxylic acids is 1. The fourth-order valence-electron chi connectivity index (χ4n) is 1.99. The molecule has 0 saturated carbocycles. The van der Waals surface area contributed by atoms with Gasteiger partial charge in [-0.05, 0) is 37.1 Å². The maximum absolute atomic E-state index is 11.8. The lowest BCUT2D eigenvalue weighted by Gasteiger charge is -2.20. The molecule has 1 amide bonds. The number of carbonyl (C=O) groups is 2. The molecule has 0 aromatic heterocycles. The predicted octanol–water partition coefficient (Wildman–Crippen LogP) is 3.80. The molecule has 5 heteroatoms. The van der Waals surface area contributed by atoms with Crippen molar-refractivity contribution < 1.29 is 19.4 Å². The summed E-state index contributed by atoms with van der Waals surface area (Å²) in [4.78, 5) is 23.1. The van der Waals surface area contributed by atoms with Gasteiger partial charge in [-0.1, -0.05) is 42.5 Å². The van der Waals surface area contributed by atoms with Crippen LogP contribution in [0.3, 0.4) is 0 Å². The minimum Gasteiger partial charge on any atom is -0.481 e. The number of aliphatic carboxylic acids is 1. The SMILES string of the molecule is CC(C)(C(=O)O)c1cccc(NC(=O)OCc2ccccc2)c1. The second-order valence-corrected chi connectivity index (χ2v) is 5.70. The van der Waals surface area contributed by atoms with Crippen molar-refractivity contribution in [2.75, 3.05) is 5.32 Å². The molecule has 0 unspecified atom stereocenters. The van der Waals surface area contributed by atoms with Crippen molar-refractivity contribution in [1.29, 1.82) is 0 Å². The number of carboxylic acid groups (broad SMARTS) is 1. The Bertz CT molecular complexity index is 695. The molecule has 0 atom stereocenters. The van der Waals surface area contributed by atoms with E-state index in [9.17, 15) is 14.7 Å². The summed E-state index contributed by atoms with van der Waals surface area (Å²) in [5.41, 5.74) is 0.954. The third-order valence-electron chi connectivity index (χ3n) is 3.58. The fourth-order valence-corrected chi connectivity index (χ4v) is 1.99. The van der Waals surface area contributed by atoms with Crippen LogP contribution in [0, 0.1) is 0 Å². The number of anilines is 1. The van der Waals surface area contributed by atoms with Gasteiger partial charge in [0.25, 0.3) is 0 Å². The fraction of sp³-hybridized carbons (Fsp3) is 0.222. The number of hydrogen-bond donors (Lipinski definition) is 2. The lowest BCUT2D eigenvalue weighted by molar-refractivity contribution is -0.142. The van der Waals surface area contributed by atoms with Crippen LogP contribution in [0.4, 0.5) is 10.5 Å². The van der Waals surface area contributed by atoms with E-state index in [1.807, 2.05) is 30.3 Å². The summed E-state index contributed by atoms with van der Waals surface area (Å²) < 4.78 is 5.14. The molecule has 0 aliphatic rings. The van der Waals surface area contributed by atoms with Crippen LogP contribution >= 0.6 is 0 Å². The highest BCUT2D eigenvalue weighted by Crippen LogP contribution is 2.25. The molecule has 0 spiro atoms. The summed E-state index contributed by atoms with van der Waals surface area (Å²) in [6.07, 6.45) is -0.584. The average Bonchev–Trinajstić information content (AvgIpc) is 2.54. The maximum atomic E-state index is 11.8. The van der Waals surface area contributed by atoms with Crippen molar-refractivity contribution in [2.45, 2.75) is 25.9 Å². The topological polar surface area (TPSA) is 75.6 Å². The highest BCUT2D eigenvalue weighted by molar-refractivity contribution is 5.86. The average molecular weight is 313 g/mol. The van der Waals surface area contributed by atoms with Gasteiger partial charge in [0.05, 0.1) is 5.41 Å². The third kappa shape index (κ3) is 4.32. The Balaban J connectivity index is 2.00. The number of nitrogens with one attached hydrogen (secondary N) is 1. The van der Waals surface area contributed by atoms with Gasteiger partial charge in [-0.2, -0.15) is 0 Å². The van der Waals surface area contributed by atoms with E-state index in [1.165, 1.54) is 0 Å². The Kier molecular flexibility index (Phi) is 5.01. The Morgan fingerprint density at radius 2 is 1.78 bits per heavy atom. The van der Waals surface area contributed by atoms with Gasteiger partial charge in [-0.3, -0.25) is 10.1 Å². The number of carboxylic acids is 1. The van der Waals surface area contributed by atoms with Gasteiger partial charge >= 0.3 is 12.1 Å². The molecule has 0 aliphatic carbocycles. The maximum Gasteiger partial charge on any atom is 0.411 e. The van der Waals surface area contributed by atoms with Gasteiger partial charge in [0, 0.05) is 5.69 Å². The van der Waals surface area contributed by atoms with Crippen molar-refractivity contribution in [3.05, 3.63) is 65.7 Å². The van der Waals surface area contributed by atoms with E-state index < -0.39 is 17.5 Å². The lowest BCUT2D eigenvalue weighted by Crippen LogP contribution is -2.28. The van der Waals surface area contributed by atoms with E-state index in [2.05, 4.69) is 5.32 Å². The molecule has 5 nitrogen and oxygen atoms in total. The zero-order chi connectivity index (χ0) is 16.9. The van der Waals surface area contributed by atoms with Gasteiger partial charge in [0.1, 0.15) is 6.61 Å². The summed E-state index contributed by atoms with van der Waals surface area (Å²) in [5.74, 6) is -0.929. The first-order chi connectivity index (χ1) is 10.9. The molecule has 120 valence electrons. The van der Waals surface area contributed by atoms with Crippen molar-refractivity contribution >= 4 is 17.7 Å². The quantitative estimate of drug-likeness (QED) is 0.880. The smallest absolute Gasteiger partial charge is 0.411 e. The minimum absolute atomic E-state index is 0.174. The van der Waals surface area contributed by atoms with E-state index in [-0.39, 0.29) is 6.61 Å². The molecule has 2 rings (SSSR count). The van der Waals surface area contributed by atoms with Gasteiger partial charge in [-0.25, -0.2) is 4.79 Å². The largest absolute Gasteiger partial charge is 0.481 e. The molecular weight excluding hydrogens is 294 g/mol. The molecule has 0 saturated heterocycles. The number of amides is 1. The van der Waals surface area contributed by atoms with Crippen molar-refractivity contribution in [1.82, 2.24) is 0 Å². The Hall–Kier alpha value is -2.82. The van der Waals surface area contributed by atoms with Gasteiger partial charge < -0.3 is 9.84 Å². The summed E-state index contributed by atoms with van der Waals surface area (Å²) in [6.45, 7) is 3.40. The minimum atomic E-state index is -1.04. The van der Waals surface area contributed by atoms with Crippen LogP contribution in [0.5, 0.6) is 0 Å². The second kappa shape index (κ2) is 6.96. The van der Waals surface area contributed by atoms with Crippen LogP contribution < -0.4 is 5.32 Å². The van der Waals surface area contributed by atoms with Crippen molar-refractivity contribution in [3.8, 4) is 0 Å². The molecule has 0 bridgehead atoms. The number of benzene rings is 2. The molecule has 0 fully saturated rings. The van der Waals surface area contributed by atoms with Crippen LogP contribution in [0.1, 0.15) is 25.0 Å². The van der Waals surface area contributed by atoms with E-state index in [0.717, 1.165) is 5.56 Å². The van der Waals surface area contributed by atoms with Crippen LogP contribution in [-0.4, -0.2) is 17.2 Å². The molecular formula is C18H19NO4. The van der Waals surface area contributed by atoms with Gasteiger partial charge in [-0.15, -0.1) is 0 Å². The first-order valence-corrected chi connectivity index (χ1v) is 7.21. The Morgan fingerprint density at radius 1 is 1.09 bits per heavy atom. The normalized spacial score (nSPS) is 10.9. The molecule has 0 radical (unpaired) electrons. The van der Waals surface area contributed by atoms with E-state index in [1.54, 1.807) is 38.1 Å². The van der Waals surface area contributed by atoms with Gasteiger partial charge in [0.2, 0.25) is 0 Å². The summed E-state index contributed by atoms with van der Waals surface area (Å²) in [7, 11) is 0. The van der Waals surface area contributed by atoms with Crippen molar-refractivity contribution in [2.24, 2.45) is 0 Å². The number of hydrogen-bond acceptors (Lipinski definition) is 3. The zero-order valence-corrected chi connectivity index (χ0v) is 13.1. The molecule has 2 N–H and O–H groups in total. The zero-order valence-electron chi connectivity index (χ0n) is 13.1. The monoisotopic (exact) mass is 313 g/mol. The van der Waals surface area contributed by atoms with Crippen LogP contribution in [0.25, 0.3) is 0 Å². The Morgan fingerprint density at radius 3 is 2.43 bits per heavy atom. The molecule has 23 heavy (non-hydrogen) atoms. The summed E-state index contributed by atoms with van der Waals surface area (Å²) >= 11 is 0. The van der Waals surface area contributed by atoms with Crippen LogP contribution in [0.2, 0.25) is 0 Å². The first kappa shape index (κ1) is 16.5. The van der Waals surface area contributed by atoms with Crippen LogP contribution in [0.15, 0.2) is 54.6 Å². The highest BCUT2D eigenvalue weighted by Gasteiger charge is 2.29. The molecule has 0 aliphatic heterocycles. The molecule has 2 aromatic carbocycles. The Labute approximate surface area is 134 Å². The first-order valence-electron chi connectivity index (χ1n) is 7.21.